The fourth-order valence-electron chi connectivity index (χ4n) is 5.15. The summed E-state index contributed by atoms with van der Waals surface area (Å²) in [4.78, 5) is 28.3. The van der Waals surface area contributed by atoms with Crippen molar-refractivity contribution in [3.8, 4) is 0 Å². The Bertz CT molecular complexity index is 1210. The van der Waals surface area contributed by atoms with Crippen molar-refractivity contribution in [1.29, 1.82) is 0 Å². The number of rotatable bonds is 8. The third kappa shape index (κ3) is 5.79. The first kappa shape index (κ1) is 25.5. The molecular formula is C29H32FN3O3. The van der Waals surface area contributed by atoms with Gasteiger partial charge in [-0.15, -0.1) is 0 Å². The predicted octanol–water partition coefficient (Wildman–Crippen LogP) is 5.81. The van der Waals surface area contributed by atoms with Gasteiger partial charge in [0, 0.05) is 55.8 Å². The Labute approximate surface area is 211 Å². The van der Waals surface area contributed by atoms with Gasteiger partial charge < -0.3 is 4.90 Å². The fraction of sp³-hybridized carbons (Fsp3) is 0.345. The topological polar surface area (TPSA) is 66.7 Å². The third-order valence-electron chi connectivity index (χ3n) is 7.06. The van der Waals surface area contributed by atoms with Gasteiger partial charge in [0.2, 0.25) is 0 Å². The summed E-state index contributed by atoms with van der Waals surface area (Å²) in [6, 6.07) is 20.8. The van der Waals surface area contributed by atoms with Gasteiger partial charge in [-0.25, -0.2) is 4.39 Å². The molecule has 0 aliphatic carbocycles. The van der Waals surface area contributed by atoms with Gasteiger partial charge in [-0.1, -0.05) is 36.4 Å². The molecule has 188 valence electrons. The largest absolute Gasteiger partial charge is 0.336 e. The van der Waals surface area contributed by atoms with Crippen LogP contribution < -0.4 is 0 Å². The normalized spacial score (nSPS) is 17.9. The molecular weight excluding hydrogens is 457 g/mol. The van der Waals surface area contributed by atoms with Crippen molar-refractivity contribution in [2.75, 3.05) is 19.6 Å². The quantitative estimate of drug-likeness (QED) is 0.296. The van der Waals surface area contributed by atoms with Gasteiger partial charge in [0.1, 0.15) is 5.82 Å². The summed E-state index contributed by atoms with van der Waals surface area (Å²) in [7, 11) is 0. The highest BCUT2D eigenvalue weighted by Gasteiger charge is 2.37. The SMILES string of the molecule is Cc1ccccc1C1CN(Cc2ccc([N+](=O)[O-])cc2)CC1CN(C(=O)c1ccc(F)cc1)C(C)C. The van der Waals surface area contributed by atoms with E-state index in [1.807, 2.05) is 36.9 Å². The molecule has 36 heavy (non-hydrogen) atoms. The van der Waals surface area contributed by atoms with Crippen LogP contribution in [0.1, 0.15) is 46.8 Å². The number of hydrogen-bond acceptors (Lipinski definition) is 4. The maximum Gasteiger partial charge on any atom is 0.269 e. The summed E-state index contributed by atoms with van der Waals surface area (Å²) < 4.78 is 13.4. The number of carbonyl (C=O) groups is 1. The van der Waals surface area contributed by atoms with Gasteiger partial charge in [0.05, 0.1) is 4.92 Å². The fourth-order valence-corrected chi connectivity index (χ4v) is 5.15. The summed E-state index contributed by atoms with van der Waals surface area (Å²) in [6.45, 7) is 9.05. The van der Waals surface area contributed by atoms with Crippen LogP contribution in [0.5, 0.6) is 0 Å². The van der Waals surface area contributed by atoms with Crippen molar-refractivity contribution in [1.82, 2.24) is 9.80 Å². The van der Waals surface area contributed by atoms with Crippen molar-refractivity contribution in [3.05, 3.63) is 111 Å². The van der Waals surface area contributed by atoms with E-state index in [0.29, 0.717) is 18.7 Å². The lowest BCUT2D eigenvalue weighted by Gasteiger charge is -2.32. The lowest BCUT2D eigenvalue weighted by molar-refractivity contribution is -0.384. The van der Waals surface area contributed by atoms with Crippen LogP contribution in [0.15, 0.2) is 72.8 Å². The summed E-state index contributed by atoms with van der Waals surface area (Å²) in [5, 5.41) is 11.0. The van der Waals surface area contributed by atoms with Gasteiger partial charge in [-0.05, 0) is 67.6 Å². The first-order valence-corrected chi connectivity index (χ1v) is 12.3. The maximum atomic E-state index is 13.4. The standard InChI is InChI=1S/C29H32FN3O3/c1-20(2)32(29(34)23-10-12-25(30)13-11-23)18-24-17-31(16-22-8-14-26(15-9-22)33(35)36)19-28(24)27-7-5-4-6-21(27)3/h4-15,20,24,28H,16-19H2,1-3H3. The van der Waals surface area contributed by atoms with E-state index < -0.39 is 0 Å². The van der Waals surface area contributed by atoms with E-state index >= 15 is 0 Å². The number of aryl methyl sites for hydroxylation is 1. The monoisotopic (exact) mass is 489 g/mol. The molecule has 0 bridgehead atoms. The Kier molecular flexibility index (Phi) is 7.79. The van der Waals surface area contributed by atoms with Crippen LogP contribution >= 0.6 is 0 Å². The minimum atomic E-state index is -0.386. The second-order valence-electron chi connectivity index (χ2n) is 9.90. The highest BCUT2D eigenvalue weighted by atomic mass is 19.1. The first-order chi connectivity index (χ1) is 17.2. The highest BCUT2D eigenvalue weighted by Crippen LogP contribution is 2.36. The molecule has 1 aliphatic rings. The zero-order valence-electron chi connectivity index (χ0n) is 20.9. The van der Waals surface area contributed by atoms with E-state index in [9.17, 15) is 19.3 Å². The van der Waals surface area contributed by atoms with E-state index in [2.05, 4.69) is 30.0 Å². The van der Waals surface area contributed by atoms with Crippen molar-refractivity contribution in [2.24, 2.45) is 5.92 Å². The molecule has 0 spiro atoms. The number of halogens is 1. The molecule has 1 saturated heterocycles. The van der Waals surface area contributed by atoms with Crippen molar-refractivity contribution in [2.45, 2.75) is 39.3 Å². The lowest BCUT2D eigenvalue weighted by Crippen LogP contribution is -2.42. The molecule has 0 saturated carbocycles. The summed E-state index contributed by atoms with van der Waals surface area (Å²) in [6.07, 6.45) is 0. The average Bonchev–Trinajstić information content (AvgIpc) is 3.25. The Morgan fingerprint density at radius 2 is 1.72 bits per heavy atom. The molecule has 1 aliphatic heterocycles. The smallest absolute Gasteiger partial charge is 0.269 e. The molecule has 2 atom stereocenters. The predicted molar refractivity (Wildman–Crippen MR) is 138 cm³/mol. The second-order valence-corrected chi connectivity index (χ2v) is 9.90. The molecule has 0 aromatic heterocycles. The van der Waals surface area contributed by atoms with E-state index in [-0.39, 0.29) is 40.2 Å². The third-order valence-corrected chi connectivity index (χ3v) is 7.06. The van der Waals surface area contributed by atoms with Gasteiger partial charge >= 0.3 is 0 Å². The molecule has 1 amide bonds. The number of benzene rings is 3. The molecule has 7 heteroatoms. The number of hydrogen-bond donors (Lipinski definition) is 0. The number of amides is 1. The molecule has 1 heterocycles. The van der Waals surface area contributed by atoms with Gasteiger partial charge in [0.25, 0.3) is 11.6 Å². The Morgan fingerprint density at radius 1 is 1.06 bits per heavy atom. The number of likely N-dealkylation sites (tertiary alicyclic amines) is 1. The molecule has 3 aromatic rings. The minimum absolute atomic E-state index is 0.0104. The summed E-state index contributed by atoms with van der Waals surface area (Å²) >= 11 is 0. The van der Waals surface area contributed by atoms with E-state index in [4.69, 9.17) is 0 Å². The number of carbonyl (C=O) groups excluding carboxylic acids is 1. The zero-order valence-corrected chi connectivity index (χ0v) is 20.9. The van der Waals surface area contributed by atoms with Crippen LogP contribution in [-0.2, 0) is 6.54 Å². The van der Waals surface area contributed by atoms with Crippen LogP contribution in [0.4, 0.5) is 10.1 Å². The number of non-ortho nitro benzene ring substituents is 1. The molecule has 1 fully saturated rings. The minimum Gasteiger partial charge on any atom is -0.336 e. The molecule has 3 aromatic carbocycles. The average molecular weight is 490 g/mol. The van der Waals surface area contributed by atoms with E-state index in [1.165, 1.54) is 23.3 Å². The van der Waals surface area contributed by atoms with Crippen LogP contribution in [0.25, 0.3) is 0 Å². The van der Waals surface area contributed by atoms with Crippen molar-refractivity contribution in [3.63, 3.8) is 0 Å². The number of nitro groups is 1. The second kappa shape index (κ2) is 11.0. The van der Waals surface area contributed by atoms with E-state index in [0.717, 1.165) is 18.7 Å². The molecule has 0 N–H and O–H groups in total. The van der Waals surface area contributed by atoms with Crippen molar-refractivity contribution < 1.29 is 14.1 Å². The Balaban J connectivity index is 1.57. The van der Waals surface area contributed by atoms with Crippen LogP contribution in [0, 0.1) is 28.8 Å². The molecule has 0 radical (unpaired) electrons. The Hall–Kier alpha value is -3.58. The summed E-state index contributed by atoms with van der Waals surface area (Å²) in [5.41, 5.74) is 4.10. The number of nitro benzene ring substituents is 1. The van der Waals surface area contributed by atoms with Crippen molar-refractivity contribution >= 4 is 11.6 Å². The molecule has 6 nitrogen and oxygen atoms in total. The van der Waals surface area contributed by atoms with Gasteiger partial charge in [0.15, 0.2) is 0 Å². The van der Waals surface area contributed by atoms with Gasteiger partial charge in [-0.2, -0.15) is 0 Å². The van der Waals surface area contributed by atoms with E-state index in [1.54, 1.807) is 24.3 Å². The van der Waals surface area contributed by atoms with Gasteiger partial charge in [-0.3, -0.25) is 19.8 Å². The molecule has 4 rings (SSSR count). The van der Waals surface area contributed by atoms with Crippen LogP contribution in [0.3, 0.4) is 0 Å². The van der Waals surface area contributed by atoms with Crippen LogP contribution in [0.2, 0.25) is 0 Å². The number of nitrogens with zero attached hydrogens (tertiary/aromatic N) is 3. The molecule has 2 unspecified atom stereocenters. The Morgan fingerprint density at radius 3 is 2.33 bits per heavy atom. The highest BCUT2D eigenvalue weighted by molar-refractivity contribution is 5.94. The first-order valence-electron chi connectivity index (χ1n) is 12.3. The lowest BCUT2D eigenvalue weighted by atomic mass is 9.86. The maximum absolute atomic E-state index is 13.4. The van der Waals surface area contributed by atoms with Crippen LogP contribution in [-0.4, -0.2) is 46.3 Å². The zero-order chi connectivity index (χ0) is 25.8. The summed E-state index contributed by atoms with van der Waals surface area (Å²) in [5.74, 6) is -0.00948.